The van der Waals surface area contributed by atoms with Crippen LogP contribution >= 0.6 is 0 Å². The predicted octanol–water partition coefficient (Wildman–Crippen LogP) is 2.30. The highest BCUT2D eigenvalue weighted by atomic mass is 32.2. The number of piperidine rings is 1. The molecule has 0 radical (unpaired) electrons. The number of benzene rings is 1. The number of rotatable bonds is 3. The molecule has 1 aromatic rings. The maximum absolute atomic E-state index is 12.7. The van der Waals surface area contributed by atoms with Gasteiger partial charge in [0.1, 0.15) is 0 Å². The van der Waals surface area contributed by atoms with Gasteiger partial charge in [-0.15, -0.1) is 0 Å². The summed E-state index contributed by atoms with van der Waals surface area (Å²) in [6, 6.07) is 5.10. The van der Waals surface area contributed by atoms with Crippen molar-refractivity contribution in [1.82, 2.24) is 4.31 Å². The molecule has 5 heteroatoms. The molecule has 0 saturated carbocycles. The van der Waals surface area contributed by atoms with Gasteiger partial charge >= 0.3 is 0 Å². The van der Waals surface area contributed by atoms with Crippen molar-refractivity contribution >= 4 is 10.0 Å². The fourth-order valence-corrected chi connectivity index (χ4v) is 4.21. The molecule has 0 aliphatic carbocycles. The minimum atomic E-state index is -3.45. The van der Waals surface area contributed by atoms with Crippen LogP contribution in [0.3, 0.4) is 0 Å². The molecule has 1 aromatic carbocycles. The van der Waals surface area contributed by atoms with Crippen LogP contribution in [0.5, 0.6) is 0 Å². The Morgan fingerprint density at radius 2 is 1.85 bits per heavy atom. The van der Waals surface area contributed by atoms with Crippen LogP contribution in [0, 0.1) is 12.3 Å². The summed E-state index contributed by atoms with van der Waals surface area (Å²) in [6.45, 7) is 7.14. The van der Waals surface area contributed by atoms with Gasteiger partial charge < -0.3 is 5.11 Å². The summed E-state index contributed by atoms with van der Waals surface area (Å²) >= 11 is 0. The monoisotopic (exact) mass is 297 g/mol. The Bertz CT molecular complexity index is 583. The Labute approximate surface area is 121 Å². The number of aliphatic hydroxyl groups excluding tert-OH is 1. The van der Waals surface area contributed by atoms with Crippen molar-refractivity contribution in [2.24, 2.45) is 5.41 Å². The van der Waals surface area contributed by atoms with Gasteiger partial charge in [0.2, 0.25) is 10.0 Å². The van der Waals surface area contributed by atoms with Crippen LogP contribution < -0.4 is 0 Å². The standard InChI is InChI=1S/C15H23NO3S/c1-12-4-5-13(11-17)10-14(12)20(18,19)16-8-6-15(2,3)7-9-16/h4-5,10,17H,6-9,11H2,1-3H3. The normalized spacial score (nSPS) is 20.0. The van der Waals surface area contributed by atoms with E-state index in [9.17, 15) is 13.5 Å². The topological polar surface area (TPSA) is 57.6 Å². The summed E-state index contributed by atoms with van der Waals surface area (Å²) in [5.74, 6) is 0. The van der Waals surface area contributed by atoms with E-state index in [0.717, 1.165) is 18.4 Å². The number of hydrogen-bond donors (Lipinski definition) is 1. The first-order valence-electron chi connectivity index (χ1n) is 6.97. The lowest BCUT2D eigenvalue weighted by atomic mass is 9.83. The maximum atomic E-state index is 12.7. The van der Waals surface area contributed by atoms with E-state index < -0.39 is 10.0 Å². The van der Waals surface area contributed by atoms with Crippen LogP contribution in [0.4, 0.5) is 0 Å². The van der Waals surface area contributed by atoms with Crippen molar-refractivity contribution in [1.29, 1.82) is 0 Å². The second kappa shape index (κ2) is 5.47. The largest absolute Gasteiger partial charge is 0.392 e. The number of sulfonamides is 1. The van der Waals surface area contributed by atoms with Gasteiger partial charge in [0.15, 0.2) is 0 Å². The van der Waals surface area contributed by atoms with E-state index in [-0.39, 0.29) is 12.0 Å². The molecule has 0 bridgehead atoms. The van der Waals surface area contributed by atoms with Crippen LogP contribution in [0.15, 0.2) is 23.1 Å². The summed E-state index contributed by atoms with van der Waals surface area (Å²) in [6.07, 6.45) is 1.76. The van der Waals surface area contributed by atoms with Crippen molar-refractivity contribution < 1.29 is 13.5 Å². The second-order valence-corrected chi connectivity index (χ2v) is 8.23. The van der Waals surface area contributed by atoms with Gasteiger partial charge in [0.05, 0.1) is 11.5 Å². The molecule has 1 heterocycles. The van der Waals surface area contributed by atoms with E-state index in [0.29, 0.717) is 23.5 Å². The van der Waals surface area contributed by atoms with Crippen molar-refractivity contribution in [3.05, 3.63) is 29.3 Å². The third kappa shape index (κ3) is 3.05. The van der Waals surface area contributed by atoms with Gasteiger partial charge in [0.25, 0.3) is 0 Å². The molecule has 2 rings (SSSR count). The molecule has 1 aliphatic rings. The zero-order chi connectivity index (χ0) is 15.0. The molecular formula is C15H23NO3S. The molecule has 4 nitrogen and oxygen atoms in total. The van der Waals surface area contributed by atoms with E-state index in [1.54, 1.807) is 29.4 Å². The quantitative estimate of drug-likeness (QED) is 0.931. The molecule has 1 aliphatic heterocycles. The summed E-state index contributed by atoms with van der Waals surface area (Å²) < 4.78 is 27.0. The number of hydrogen-bond acceptors (Lipinski definition) is 3. The van der Waals surface area contributed by atoms with Gasteiger partial charge in [-0.1, -0.05) is 26.0 Å². The minimum Gasteiger partial charge on any atom is -0.392 e. The number of aryl methyl sites for hydroxylation is 1. The predicted molar refractivity (Wildman–Crippen MR) is 78.9 cm³/mol. The molecule has 1 saturated heterocycles. The summed E-state index contributed by atoms with van der Waals surface area (Å²) in [4.78, 5) is 0.323. The van der Waals surface area contributed by atoms with Gasteiger partial charge in [0, 0.05) is 13.1 Å². The number of nitrogens with zero attached hydrogens (tertiary/aromatic N) is 1. The van der Waals surface area contributed by atoms with Gasteiger partial charge in [-0.2, -0.15) is 4.31 Å². The van der Waals surface area contributed by atoms with E-state index >= 15 is 0 Å². The van der Waals surface area contributed by atoms with E-state index in [4.69, 9.17) is 0 Å². The fraction of sp³-hybridized carbons (Fsp3) is 0.600. The van der Waals surface area contributed by atoms with Crippen molar-refractivity contribution in [2.45, 2.75) is 45.1 Å². The molecular weight excluding hydrogens is 274 g/mol. The lowest BCUT2D eigenvalue weighted by Crippen LogP contribution is -2.41. The first kappa shape index (κ1) is 15.5. The lowest BCUT2D eigenvalue weighted by Gasteiger charge is -2.36. The Balaban J connectivity index is 2.31. The summed E-state index contributed by atoms with van der Waals surface area (Å²) in [7, 11) is -3.45. The Morgan fingerprint density at radius 1 is 1.25 bits per heavy atom. The first-order chi connectivity index (χ1) is 9.26. The average Bonchev–Trinajstić information content (AvgIpc) is 2.38. The molecule has 0 spiro atoms. The van der Waals surface area contributed by atoms with Gasteiger partial charge in [-0.3, -0.25) is 0 Å². The SMILES string of the molecule is Cc1ccc(CO)cc1S(=O)(=O)N1CCC(C)(C)CC1. The molecule has 1 fully saturated rings. The van der Waals surface area contributed by atoms with Crippen LogP contribution in [-0.2, 0) is 16.6 Å². The molecule has 0 atom stereocenters. The van der Waals surface area contributed by atoms with Gasteiger partial charge in [-0.05, 0) is 42.4 Å². The molecule has 1 N–H and O–H groups in total. The second-order valence-electron chi connectivity index (χ2n) is 6.33. The maximum Gasteiger partial charge on any atom is 0.243 e. The fourth-order valence-electron chi connectivity index (χ4n) is 2.49. The molecule has 112 valence electrons. The number of aliphatic hydroxyl groups is 1. The highest BCUT2D eigenvalue weighted by Gasteiger charge is 2.33. The third-order valence-corrected chi connectivity index (χ3v) is 6.17. The Morgan fingerprint density at radius 3 is 2.40 bits per heavy atom. The van der Waals surface area contributed by atoms with E-state index in [1.807, 2.05) is 0 Å². The summed E-state index contributed by atoms with van der Waals surface area (Å²) in [5.41, 5.74) is 1.58. The van der Waals surface area contributed by atoms with Crippen molar-refractivity contribution in [3.63, 3.8) is 0 Å². The van der Waals surface area contributed by atoms with Crippen LogP contribution in [0.2, 0.25) is 0 Å². The first-order valence-corrected chi connectivity index (χ1v) is 8.41. The zero-order valence-corrected chi connectivity index (χ0v) is 13.2. The Kier molecular flexibility index (Phi) is 4.23. The highest BCUT2D eigenvalue weighted by Crippen LogP contribution is 2.33. The highest BCUT2D eigenvalue weighted by molar-refractivity contribution is 7.89. The minimum absolute atomic E-state index is 0.143. The molecule has 0 aromatic heterocycles. The van der Waals surface area contributed by atoms with Crippen molar-refractivity contribution in [3.8, 4) is 0 Å². The van der Waals surface area contributed by atoms with Gasteiger partial charge in [-0.25, -0.2) is 8.42 Å². The van der Waals surface area contributed by atoms with Crippen LogP contribution in [0.25, 0.3) is 0 Å². The zero-order valence-electron chi connectivity index (χ0n) is 12.4. The molecule has 20 heavy (non-hydrogen) atoms. The van der Waals surface area contributed by atoms with Crippen LogP contribution in [-0.4, -0.2) is 30.9 Å². The Hall–Kier alpha value is -0.910. The van der Waals surface area contributed by atoms with Crippen LogP contribution in [0.1, 0.15) is 37.8 Å². The molecule has 0 unspecified atom stereocenters. The lowest BCUT2D eigenvalue weighted by molar-refractivity contribution is 0.196. The van der Waals surface area contributed by atoms with E-state index in [2.05, 4.69) is 13.8 Å². The summed E-state index contributed by atoms with van der Waals surface area (Å²) in [5, 5.41) is 9.19. The average molecular weight is 297 g/mol. The van der Waals surface area contributed by atoms with Crippen molar-refractivity contribution in [2.75, 3.05) is 13.1 Å². The third-order valence-electron chi connectivity index (χ3n) is 4.13. The smallest absolute Gasteiger partial charge is 0.243 e. The van der Waals surface area contributed by atoms with E-state index in [1.165, 1.54) is 0 Å². The molecule has 0 amide bonds.